The van der Waals surface area contributed by atoms with Crippen molar-refractivity contribution in [3.05, 3.63) is 35.9 Å². The number of hydrogen-bond donors (Lipinski definition) is 0. The zero-order chi connectivity index (χ0) is 17.9. The number of amides is 2. The summed E-state index contributed by atoms with van der Waals surface area (Å²) < 4.78 is 5.46. The Hall–Kier alpha value is -2.21. The van der Waals surface area contributed by atoms with Gasteiger partial charge in [-0.2, -0.15) is 5.10 Å². The molecule has 0 bridgehead atoms. The first-order valence-corrected chi connectivity index (χ1v) is 9.51. The van der Waals surface area contributed by atoms with Crippen LogP contribution in [0.15, 0.2) is 35.4 Å². The minimum absolute atomic E-state index is 0.00459. The van der Waals surface area contributed by atoms with E-state index >= 15 is 0 Å². The van der Waals surface area contributed by atoms with E-state index < -0.39 is 0 Å². The van der Waals surface area contributed by atoms with Crippen LogP contribution in [0.1, 0.15) is 37.7 Å². The predicted octanol–water partition coefficient (Wildman–Crippen LogP) is 2.19. The average molecular weight is 355 g/mol. The number of ether oxygens (including phenoxy) is 1. The van der Waals surface area contributed by atoms with E-state index in [2.05, 4.69) is 5.10 Å². The van der Waals surface area contributed by atoms with Gasteiger partial charge in [0.25, 0.3) is 5.91 Å². The molecule has 1 aromatic rings. The molecule has 0 spiro atoms. The summed E-state index contributed by atoms with van der Waals surface area (Å²) in [5, 5.41) is 5.90. The molecule has 1 saturated carbocycles. The smallest absolute Gasteiger partial charge is 0.270 e. The van der Waals surface area contributed by atoms with Crippen molar-refractivity contribution in [2.24, 2.45) is 11.0 Å². The molecule has 6 nitrogen and oxygen atoms in total. The maximum atomic E-state index is 13.1. The lowest BCUT2D eigenvalue weighted by atomic mass is 10.1. The van der Waals surface area contributed by atoms with Crippen molar-refractivity contribution in [2.75, 3.05) is 19.8 Å². The molecular weight excluding hydrogens is 330 g/mol. The fourth-order valence-corrected chi connectivity index (χ4v) is 3.59. The Kier molecular flexibility index (Phi) is 5.02. The monoisotopic (exact) mass is 355 g/mol. The molecule has 1 atom stereocenters. The van der Waals surface area contributed by atoms with Crippen LogP contribution in [0.4, 0.5) is 0 Å². The van der Waals surface area contributed by atoms with Gasteiger partial charge in [0.15, 0.2) is 0 Å². The summed E-state index contributed by atoms with van der Waals surface area (Å²) in [6.45, 7) is 2.69. The average Bonchev–Trinajstić information content (AvgIpc) is 3.37. The summed E-state index contributed by atoms with van der Waals surface area (Å²) in [5.41, 5.74) is 1.53. The largest absolute Gasteiger partial charge is 0.381 e. The number of nitrogens with zero attached hydrogens (tertiary/aromatic N) is 3. The van der Waals surface area contributed by atoms with Gasteiger partial charge in [-0.25, -0.2) is 5.01 Å². The van der Waals surface area contributed by atoms with Crippen molar-refractivity contribution in [1.29, 1.82) is 0 Å². The van der Waals surface area contributed by atoms with Crippen LogP contribution in [0, 0.1) is 5.92 Å². The Morgan fingerprint density at radius 3 is 2.69 bits per heavy atom. The predicted molar refractivity (Wildman–Crippen MR) is 97.3 cm³/mol. The Morgan fingerprint density at radius 1 is 1.19 bits per heavy atom. The van der Waals surface area contributed by atoms with Crippen molar-refractivity contribution in [3.63, 3.8) is 0 Å². The molecule has 6 heteroatoms. The van der Waals surface area contributed by atoms with Gasteiger partial charge < -0.3 is 9.64 Å². The van der Waals surface area contributed by atoms with Crippen LogP contribution in [0.5, 0.6) is 0 Å². The lowest BCUT2D eigenvalue weighted by Crippen LogP contribution is -2.44. The normalized spacial score (nSPS) is 23.1. The van der Waals surface area contributed by atoms with Crippen LogP contribution in [0.2, 0.25) is 0 Å². The molecule has 2 amide bonds. The van der Waals surface area contributed by atoms with Gasteiger partial charge >= 0.3 is 0 Å². The summed E-state index contributed by atoms with van der Waals surface area (Å²) in [7, 11) is 0. The van der Waals surface area contributed by atoms with E-state index in [-0.39, 0.29) is 11.8 Å². The quantitative estimate of drug-likeness (QED) is 0.786. The second-order valence-corrected chi connectivity index (χ2v) is 7.40. The number of carbonyl (C=O) groups is 2. The van der Waals surface area contributed by atoms with E-state index in [0.29, 0.717) is 37.1 Å². The molecule has 2 heterocycles. The van der Waals surface area contributed by atoms with Gasteiger partial charge in [-0.15, -0.1) is 0 Å². The third-order valence-corrected chi connectivity index (χ3v) is 5.25. The summed E-state index contributed by atoms with van der Waals surface area (Å²) in [5.74, 6) is 0.406. The Bertz CT molecular complexity index is 694. The molecule has 1 saturated heterocycles. The highest BCUT2D eigenvalue weighted by molar-refractivity contribution is 6.39. The summed E-state index contributed by atoms with van der Waals surface area (Å²) in [6, 6.07) is 10.1. The molecule has 2 aliphatic heterocycles. The molecule has 0 radical (unpaired) electrons. The van der Waals surface area contributed by atoms with Crippen molar-refractivity contribution in [3.8, 4) is 0 Å². The van der Waals surface area contributed by atoms with Crippen LogP contribution in [0.25, 0.3) is 0 Å². The fraction of sp³-hybridized carbons (Fsp3) is 0.550. The standard InChI is InChI=1S/C20H25N3O3/c24-19-9-8-18(21-23(19)13-15-4-2-1-3-5-15)20(25)22(17-6-7-17)12-16-10-11-26-14-16/h1-5,16-17H,6-14H2/t16-/m1/s1. The highest BCUT2D eigenvalue weighted by Gasteiger charge is 2.37. The highest BCUT2D eigenvalue weighted by atomic mass is 16.5. The zero-order valence-electron chi connectivity index (χ0n) is 15.0. The molecule has 1 aliphatic carbocycles. The van der Waals surface area contributed by atoms with Crippen molar-refractivity contribution < 1.29 is 14.3 Å². The third kappa shape index (κ3) is 3.96. The topological polar surface area (TPSA) is 62.2 Å². The van der Waals surface area contributed by atoms with E-state index in [1.54, 1.807) is 0 Å². The second-order valence-electron chi connectivity index (χ2n) is 7.40. The molecule has 0 unspecified atom stereocenters. The van der Waals surface area contributed by atoms with E-state index in [9.17, 15) is 9.59 Å². The van der Waals surface area contributed by atoms with Gasteiger partial charge in [0.1, 0.15) is 5.71 Å². The molecule has 4 rings (SSSR count). The number of benzene rings is 1. The number of carbonyl (C=O) groups excluding carboxylic acids is 2. The van der Waals surface area contributed by atoms with E-state index in [1.165, 1.54) is 5.01 Å². The molecule has 1 aromatic carbocycles. The van der Waals surface area contributed by atoms with Crippen LogP contribution < -0.4 is 0 Å². The minimum atomic E-state index is -0.0208. The summed E-state index contributed by atoms with van der Waals surface area (Å²) in [6.07, 6.45) is 3.94. The van der Waals surface area contributed by atoms with Gasteiger partial charge in [0.2, 0.25) is 5.91 Å². The lowest BCUT2D eigenvalue weighted by molar-refractivity contribution is -0.132. The molecule has 138 valence electrons. The molecule has 2 fully saturated rings. The van der Waals surface area contributed by atoms with E-state index in [4.69, 9.17) is 4.74 Å². The van der Waals surface area contributed by atoms with Crippen LogP contribution in [-0.4, -0.2) is 53.2 Å². The van der Waals surface area contributed by atoms with Crippen molar-refractivity contribution in [2.45, 2.75) is 44.7 Å². The molecule has 3 aliphatic rings. The van der Waals surface area contributed by atoms with Crippen molar-refractivity contribution >= 4 is 17.5 Å². The highest BCUT2D eigenvalue weighted by Crippen LogP contribution is 2.30. The third-order valence-electron chi connectivity index (χ3n) is 5.25. The zero-order valence-corrected chi connectivity index (χ0v) is 15.0. The Balaban J connectivity index is 1.48. The van der Waals surface area contributed by atoms with Gasteiger partial charge in [0, 0.05) is 38.0 Å². The number of hydrazone groups is 1. The summed E-state index contributed by atoms with van der Waals surface area (Å²) in [4.78, 5) is 27.3. The van der Waals surface area contributed by atoms with Gasteiger partial charge in [-0.3, -0.25) is 9.59 Å². The second kappa shape index (κ2) is 7.58. The number of hydrogen-bond acceptors (Lipinski definition) is 4. The van der Waals surface area contributed by atoms with E-state index in [0.717, 1.165) is 44.6 Å². The SMILES string of the molecule is O=C1CCC(C(=O)N(C[C@H]2CCOC2)C2CC2)=NN1Cc1ccccc1. The molecule has 0 N–H and O–H groups in total. The first-order valence-electron chi connectivity index (χ1n) is 9.51. The fourth-order valence-electron chi connectivity index (χ4n) is 3.59. The summed E-state index contributed by atoms with van der Waals surface area (Å²) >= 11 is 0. The Labute approximate surface area is 153 Å². The molecule has 26 heavy (non-hydrogen) atoms. The first-order chi connectivity index (χ1) is 12.7. The van der Waals surface area contributed by atoms with Crippen LogP contribution in [0.3, 0.4) is 0 Å². The van der Waals surface area contributed by atoms with Crippen LogP contribution in [-0.2, 0) is 20.9 Å². The van der Waals surface area contributed by atoms with Gasteiger partial charge in [-0.1, -0.05) is 30.3 Å². The minimum Gasteiger partial charge on any atom is -0.381 e. The van der Waals surface area contributed by atoms with Crippen molar-refractivity contribution in [1.82, 2.24) is 9.91 Å². The number of rotatable bonds is 6. The Morgan fingerprint density at radius 2 is 2.00 bits per heavy atom. The maximum absolute atomic E-state index is 13.1. The van der Waals surface area contributed by atoms with Crippen LogP contribution >= 0.6 is 0 Å². The first kappa shape index (κ1) is 17.2. The van der Waals surface area contributed by atoms with E-state index in [1.807, 2.05) is 35.2 Å². The molecular formula is C20H25N3O3. The van der Waals surface area contributed by atoms with Gasteiger partial charge in [0.05, 0.1) is 13.2 Å². The lowest BCUT2D eigenvalue weighted by Gasteiger charge is -2.29. The maximum Gasteiger partial charge on any atom is 0.270 e. The molecule has 0 aromatic heterocycles. The van der Waals surface area contributed by atoms with Gasteiger partial charge in [-0.05, 0) is 24.8 Å².